The first kappa shape index (κ1) is 23.0. The molecule has 0 aliphatic carbocycles. The molecule has 8 nitrogen and oxygen atoms in total. The van der Waals surface area contributed by atoms with Crippen LogP contribution >= 0.6 is 0 Å². The van der Waals surface area contributed by atoms with Crippen LogP contribution < -0.4 is 14.5 Å². The number of rotatable bonds is 6. The van der Waals surface area contributed by atoms with Gasteiger partial charge in [-0.25, -0.2) is 13.6 Å². The van der Waals surface area contributed by atoms with Crippen molar-refractivity contribution in [3.8, 4) is 17.0 Å². The van der Waals surface area contributed by atoms with E-state index in [9.17, 15) is 18.7 Å². The molecule has 0 bridgehead atoms. The molecular weight excluding hydrogens is 458 g/mol. The summed E-state index contributed by atoms with van der Waals surface area (Å²) in [4.78, 5) is 14.9. The van der Waals surface area contributed by atoms with Crippen LogP contribution in [0.3, 0.4) is 0 Å². The molecule has 1 N–H and O–H groups in total. The third-order valence-electron chi connectivity index (χ3n) is 6.58. The first-order valence-corrected chi connectivity index (χ1v) is 11.2. The van der Waals surface area contributed by atoms with Gasteiger partial charge in [-0.3, -0.25) is 4.90 Å². The summed E-state index contributed by atoms with van der Waals surface area (Å²) < 4.78 is 40.3. The number of hydrogen-bond acceptors (Lipinski definition) is 6. The number of halogens is 2. The van der Waals surface area contributed by atoms with Gasteiger partial charge in [-0.05, 0) is 23.8 Å². The van der Waals surface area contributed by atoms with Gasteiger partial charge in [0.15, 0.2) is 17.4 Å². The van der Waals surface area contributed by atoms with Crippen LogP contribution in [0.5, 0.6) is 5.75 Å². The minimum atomic E-state index is -1.25. The van der Waals surface area contributed by atoms with Crippen molar-refractivity contribution in [2.75, 3.05) is 36.7 Å². The molecule has 3 heterocycles. The number of benzene rings is 2. The van der Waals surface area contributed by atoms with Gasteiger partial charge in [0.1, 0.15) is 6.67 Å². The topological polar surface area (TPSA) is 88.0 Å². The smallest absolute Gasteiger partial charge is 0.413 e. The maximum Gasteiger partial charge on any atom is 0.413 e. The second kappa shape index (κ2) is 9.10. The summed E-state index contributed by atoms with van der Waals surface area (Å²) in [6.07, 6.45) is -1.27. The van der Waals surface area contributed by atoms with Crippen molar-refractivity contribution in [1.29, 1.82) is 0 Å². The number of nitrogens with zero attached hydrogens (tertiary/aromatic N) is 4. The van der Waals surface area contributed by atoms with Crippen LogP contribution in [-0.4, -0.2) is 59.9 Å². The molecule has 0 spiro atoms. The maximum atomic E-state index is 14.7. The summed E-state index contributed by atoms with van der Waals surface area (Å²) in [7, 11) is 1.35. The van der Waals surface area contributed by atoms with Crippen molar-refractivity contribution in [2.45, 2.75) is 24.7 Å². The minimum Gasteiger partial charge on any atom is -0.493 e. The van der Waals surface area contributed by atoms with Gasteiger partial charge < -0.3 is 19.5 Å². The molecule has 1 saturated heterocycles. The van der Waals surface area contributed by atoms with Crippen LogP contribution in [0.4, 0.5) is 25.1 Å². The van der Waals surface area contributed by atoms with E-state index in [0.717, 1.165) is 10.5 Å². The molecule has 35 heavy (non-hydrogen) atoms. The van der Waals surface area contributed by atoms with Gasteiger partial charge in [0.25, 0.3) is 0 Å². The number of aromatic nitrogens is 2. The molecule has 182 valence electrons. The Morgan fingerprint density at radius 2 is 2.00 bits per heavy atom. The molecule has 1 aromatic heterocycles. The number of para-hydroxylation sites is 1. The number of methoxy groups -OCH3 is 1. The Kier molecular flexibility index (Phi) is 5.98. The van der Waals surface area contributed by atoms with Gasteiger partial charge in [0.05, 0.1) is 43.3 Å². The SMILES string of the molecule is COc1c(F)cccc1-c1cc2c(nn1)N(C(=O)O)C[C@]1(CF)C[C@@H](OCc3ccccc3)CN21. The Morgan fingerprint density at radius 1 is 1.20 bits per heavy atom. The normalized spacial score (nSPS) is 20.9. The highest BCUT2D eigenvalue weighted by molar-refractivity contribution is 5.92. The lowest BCUT2D eigenvalue weighted by Gasteiger charge is -2.45. The van der Waals surface area contributed by atoms with Crippen molar-refractivity contribution >= 4 is 17.6 Å². The summed E-state index contributed by atoms with van der Waals surface area (Å²) in [5, 5.41) is 18.2. The molecule has 2 atom stereocenters. The highest BCUT2D eigenvalue weighted by Crippen LogP contribution is 2.46. The van der Waals surface area contributed by atoms with Crippen LogP contribution in [0.2, 0.25) is 0 Å². The quantitative estimate of drug-likeness (QED) is 0.561. The van der Waals surface area contributed by atoms with Crippen molar-refractivity contribution in [2.24, 2.45) is 0 Å². The summed E-state index contributed by atoms with van der Waals surface area (Å²) in [5.74, 6) is -0.468. The zero-order chi connectivity index (χ0) is 24.6. The van der Waals surface area contributed by atoms with E-state index in [1.54, 1.807) is 12.1 Å². The lowest BCUT2D eigenvalue weighted by Crippen LogP contribution is -2.59. The summed E-state index contributed by atoms with van der Waals surface area (Å²) in [6.45, 7) is -0.170. The number of carbonyl (C=O) groups is 1. The number of fused-ring (bicyclic) bond motifs is 3. The van der Waals surface area contributed by atoms with Crippen molar-refractivity contribution in [3.63, 3.8) is 0 Å². The van der Waals surface area contributed by atoms with Crippen LogP contribution in [-0.2, 0) is 11.3 Å². The first-order valence-electron chi connectivity index (χ1n) is 11.2. The van der Waals surface area contributed by atoms with E-state index in [1.807, 2.05) is 35.2 Å². The average Bonchev–Trinajstić information content (AvgIpc) is 3.26. The van der Waals surface area contributed by atoms with Crippen LogP contribution in [0.25, 0.3) is 11.3 Å². The second-order valence-electron chi connectivity index (χ2n) is 8.72. The fourth-order valence-corrected chi connectivity index (χ4v) is 4.91. The number of hydrogen-bond donors (Lipinski definition) is 1. The zero-order valence-corrected chi connectivity index (χ0v) is 19.0. The summed E-state index contributed by atoms with van der Waals surface area (Å²) in [6, 6.07) is 15.7. The highest BCUT2D eigenvalue weighted by atomic mass is 19.1. The Labute approximate surface area is 200 Å². The standard InChI is InChI=1S/C25H24F2N4O4/c1-34-22-18(8-5-9-19(22)27)20-10-21-23(29-28-20)30(24(32)33)15-25(14-26)11-17(12-31(21)25)35-13-16-6-3-2-4-7-16/h2-10,17H,11-15H2,1H3,(H,32,33)/t17-,25-/m1/s1. The number of ether oxygens (including phenoxy) is 2. The van der Waals surface area contributed by atoms with E-state index < -0.39 is 24.1 Å². The van der Waals surface area contributed by atoms with Crippen molar-refractivity contribution in [1.82, 2.24) is 10.2 Å². The predicted molar refractivity (Wildman–Crippen MR) is 125 cm³/mol. The third kappa shape index (κ3) is 4.03. The number of carboxylic acid groups (broad SMARTS) is 1. The van der Waals surface area contributed by atoms with Gasteiger partial charge >= 0.3 is 6.09 Å². The molecule has 2 aliphatic rings. The molecule has 2 aliphatic heterocycles. The Balaban J connectivity index is 1.53. The molecule has 1 amide bonds. The molecule has 0 saturated carbocycles. The Bertz CT molecular complexity index is 1250. The lowest BCUT2D eigenvalue weighted by molar-refractivity contribution is 0.0481. The predicted octanol–water partition coefficient (Wildman–Crippen LogP) is 4.29. The lowest BCUT2D eigenvalue weighted by atomic mass is 9.93. The van der Waals surface area contributed by atoms with E-state index >= 15 is 0 Å². The molecular formula is C25H24F2N4O4. The van der Waals surface area contributed by atoms with E-state index in [-0.39, 0.29) is 29.9 Å². The highest BCUT2D eigenvalue weighted by Gasteiger charge is 2.53. The number of alkyl halides is 1. The average molecular weight is 482 g/mol. The second-order valence-corrected chi connectivity index (χ2v) is 8.72. The third-order valence-corrected chi connectivity index (χ3v) is 6.58. The Hall–Kier alpha value is -3.79. The van der Waals surface area contributed by atoms with E-state index in [1.165, 1.54) is 19.2 Å². The van der Waals surface area contributed by atoms with E-state index in [2.05, 4.69) is 10.2 Å². The molecule has 5 rings (SSSR count). The monoisotopic (exact) mass is 482 g/mol. The van der Waals surface area contributed by atoms with Crippen LogP contribution in [0.15, 0.2) is 54.6 Å². The Morgan fingerprint density at radius 3 is 2.71 bits per heavy atom. The minimum absolute atomic E-state index is 0.00472. The fourth-order valence-electron chi connectivity index (χ4n) is 4.91. The molecule has 3 aromatic rings. The largest absolute Gasteiger partial charge is 0.493 e. The van der Waals surface area contributed by atoms with E-state index in [0.29, 0.717) is 30.8 Å². The molecule has 0 unspecified atom stereocenters. The van der Waals surface area contributed by atoms with Crippen molar-refractivity contribution < 1.29 is 28.2 Å². The van der Waals surface area contributed by atoms with E-state index in [4.69, 9.17) is 9.47 Å². The summed E-state index contributed by atoms with van der Waals surface area (Å²) >= 11 is 0. The van der Waals surface area contributed by atoms with Crippen LogP contribution in [0, 0.1) is 5.82 Å². The molecule has 1 fully saturated rings. The number of amides is 1. The summed E-state index contributed by atoms with van der Waals surface area (Å²) in [5.41, 5.74) is 0.925. The van der Waals surface area contributed by atoms with Gasteiger partial charge in [0.2, 0.25) is 0 Å². The number of anilines is 2. The molecule has 10 heteroatoms. The van der Waals surface area contributed by atoms with Gasteiger partial charge in [-0.15, -0.1) is 10.2 Å². The fraction of sp³-hybridized carbons (Fsp3) is 0.320. The molecule has 0 radical (unpaired) electrons. The molecule has 2 aromatic carbocycles. The maximum absolute atomic E-state index is 14.7. The van der Waals surface area contributed by atoms with Gasteiger partial charge in [0, 0.05) is 18.5 Å². The van der Waals surface area contributed by atoms with Crippen molar-refractivity contribution in [3.05, 3.63) is 66.0 Å². The van der Waals surface area contributed by atoms with Gasteiger partial charge in [-0.2, -0.15) is 0 Å². The van der Waals surface area contributed by atoms with Gasteiger partial charge in [-0.1, -0.05) is 36.4 Å². The van der Waals surface area contributed by atoms with Crippen LogP contribution in [0.1, 0.15) is 12.0 Å². The first-order chi connectivity index (χ1) is 17.0. The zero-order valence-electron chi connectivity index (χ0n) is 19.0.